The first-order chi connectivity index (χ1) is 11.1. The van der Waals surface area contributed by atoms with Gasteiger partial charge in [-0.05, 0) is 79.1 Å². The maximum absolute atomic E-state index is 9.54. The van der Waals surface area contributed by atoms with E-state index in [1.54, 1.807) is 12.1 Å². The number of hydrogen-bond acceptors (Lipinski definition) is 2. The Labute approximate surface area is 155 Å². The van der Waals surface area contributed by atoms with Crippen LogP contribution in [0.1, 0.15) is 54.5 Å². The van der Waals surface area contributed by atoms with Crippen LogP contribution in [0.5, 0.6) is 11.5 Å². The fourth-order valence-electron chi connectivity index (χ4n) is 2.57. The lowest BCUT2D eigenvalue weighted by atomic mass is 10.0. The van der Waals surface area contributed by atoms with Crippen molar-refractivity contribution >= 4 is 23.2 Å². The zero-order valence-electron chi connectivity index (χ0n) is 15.2. The number of rotatable bonds is 2. The molecule has 0 saturated heterocycles. The highest BCUT2D eigenvalue weighted by Gasteiger charge is 2.09. The number of aryl methyl sites for hydroxylation is 2. The number of phenolic OH excluding ortho intramolecular Hbond substituents is 2. The van der Waals surface area contributed by atoms with E-state index >= 15 is 0 Å². The molecule has 2 aromatic rings. The molecule has 4 heteroatoms. The van der Waals surface area contributed by atoms with Crippen molar-refractivity contribution in [3.05, 3.63) is 56.1 Å². The largest absolute Gasteiger partial charge is 0.508 e. The van der Waals surface area contributed by atoms with Gasteiger partial charge in [-0.15, -0.1) is 0 Å². The van der Waals surface area contributed by atoms with Gasteiger partial charge < -0.3 is 10.2 Å². The summed E-state index contributed by atoms with van der Waals surface area (Å²) >= 11 is 11.9. The Kier molecular flexibility index (Phi) is 7.44. The quantitative estimate of drug-likeness (QED) is 0.618. The van der Waals surface area contributed by atoms with Crippen molar-refractivity contribution in [2.45, 2.75) is 53.9 Å². The molecule has 0 aromatic heterocycles. The van der Waals surface area contributed by atoms with Crippen LogP contribution < -0.4 is 0 Å². The molecule has 0 radical (unpaired) electrons. The third-order valence-electron chi connectivity index (χ3n) is 4.07. The smallest absolute Gasteiger partial charge is 0.119 e. The van der Waals surface area contributed by atoms with E-state index in [1.165, 1.54) is 0 Å². The van der Waals surface area contributed by atoms with Gasteiger partial charge in [-0.1, -0.05) is 44.0 Å². The summed E-state index contributed by atoms with van der Waals surface area (Å²) in [4.78, 5) is 0. The molecule has 0 unspecified atom stereocenters. The standard InChI is InChI=1S/2C10H13ClO/c1-6(2)8-5-9(11)7(3)4-10(8)12;1-4-8-7(3)10(11)6(2)5-9(8)12/h4-6,12H,1-3H3;5,12H,4H2,1-3H3. The van der Waals surface area contributed by atoms with E-state index in [0.29, 0.717) is 17.4 Å². The lowest BCUT2D eigenvalue weighted by Gasteiger charge is -2.10. The van der Waals surface area contributed by atoms with E-state index in [1.807, 2.05) is 47.6 Å². The normalized spacial score (nSPS) is 10.5. The Balaban J connectivity index is 0.000000240. The first kappa shape index (κ1) is 20.7. The van der Waals surface area contributed by atoms with E-state index < -0.39 is 0 Å². The minimum Gasteiger partial charge on any atom is -0.508 e. The van der Waals surface area contributed by atoms with Crippen LogP contribution in [0, 0.1) is 20.8 Å². The summed E-state index contributed by atoms with van der Waals surface area (Å²) in [7, 11) is 0. The molecule has 2 aromatic carbocycles. The molecule has 0 fully saturated rings. The molecule has 0 atom stereocenters. The van der Waals surface area contributed by atoms with Gasteiger partial charge in [0.1, 0.15) is 11.5 Å². The molecule has 0 saturated carbocycles. The molecule has 0 spiro atoms. The van der Waals surface area contributed by atoms with Crippen LogP contribution in [-0.2, 0) is 6.42 Å². The SMILES string of the molecule is CCc1c(O)cc(C)c(Cl)c1C.Cc1cc(O)c(C(C)C)cc1Cl. The summed E-state index contributed by atoms with van der Waals surface area (Å²) in [6, 6.07) is 5.25. The summed E-state index contributed by atoms with van der Waals surface area (Å²) < 4.78 is 0. The maximum atomic E-state index is 9.54. The van der Waals surface area contributed by atoms with E-state index in [0.717, 1.165) is 44.3 Å². The average molecular weight is 369 g/mol. The van der Waals surface area contributed by atoms with Crippen LogP contribution in [0.4, 0.5) is 0 Å². The molecule has 0 aliphatic rings. The van der Waals surface area contributed by atoms with E-state index in [4.69, 9.17) is 23.2 Å². The summed E-state index contributed by atoms with van der Waals surface area (Å²) in [6.45, 7) is 11.8. The van der Waals surface area contributed by atoms with Gasteiger partial charge in [0.05, 0.1) is 0 Å². The summed E-state index contributed by atoms with van der Waals surface area (Å²) in [5.41, 5.74) is 4.70. The minimum absolute atomic E-state index is 0.308. The van der Waals surface area contributed by atoms with Crippen molar-refractivity contribution in [2.24, 2.45) is 0 Å². The van der Waals surface area contributed by atoms with Gasteiger partial charge in [0, 0.05) is 10.0 Å². The second-order valence-corrected chi connectivity index (χ2v) is 7.08. The zero-order chi connectivity index (χ0) is 18.6. The lowest BCUT2D eigenvalue weighted by Crippen LogP contribution is -1.91. The third-order valence-corrected chi connectivity index (χ3v) is 5.06. The monoisotopic (exact) mass is 368 g/mol. The van der Waals surface area contributed by atoms with E-state index in [-0.39, 0.29) is 0 Å². The first-order valence-corrected chi connectivity index (χ1v) is 8.82. The van der Waals surface area contributed by atoms with Crippen LogP contribution in [0.25, 0.3) is 0 Å². The van der Waals surface area contributed by atoms with Crippen molar-refractivity contribution in [3.8, 4) is 11.5 Å². The molecule has 2 N–H and O–H groups in total. The summed E-state index contributed by atoms with van der Waals surface area (Å²) in [5, 5.41) is 20.6. The molecule has 0 amide bonds. The molecular weight excluding hydrogens is 343 g/mol. The molecule has 0 bridgehead atoms. The van der Waals surface area contributed by atoms with Gasteiger partial charge in [0.25, 0.3) is 0 Å². The maximum Gasteiger partial charge on any atom is 0.119 e. The average Bonchev–Trinajstić information content (AvgIpc) is 2.49. The lowest BCUT2D eigenvalue weighted by molar-refractivity contribution is 0.464. The number of phenols is 2. The van der Waals surface area contributed by atoms with Crippen molar-refractivity contribution in [1.29, 1.82) is 0 Å². The Hall–Kier alpha value is -1.38. The Morgan fingerprint density at radius 1 is 0.917 bits per heavy atom. The van der Waals surface area contributed by atoms with Crippen molar-refractivity contribution < 1.29 is 10.2 Å². The van der Waals surface area contributed by atoms with Crippen LogP contribution in [0.2, 0.25) is 10.0 Å². The molecule has 24 heavy (non-hydrogen) atoms. The minimum atomic E-state index is 0.308. The fraction of sp³-hybridized carbons (Fsp3) is 0.400. The Bertz CT molecular complexity index is 722. The molecule has 2 nitrogen and oxygen atoms in total. The highest BCUT2D eigenvalue weighted by molar-refractivity contribution is 6.32. The molecule has 0 aliphatic heterocycles. The van der Waals surface area contributed by atoms with Gasteiger partial charge in [-0.2, -0.15) is 0 Å². The predicted molar refractivity (Wildman–Crippen MR) is 104 cm³/mol. The van der Waals surface area contributed by atoms with Gasteiger partial charge in [0.15, 0.2) is 0 Å². The molecule has 132 valence electrons. The van der Waals surface area contributed by atoms with Gasteiger partial charge >= 0.3 is 0 Å². The predicted octanol–water partition coefficient (Wildman–Crippen LogP) is 6.70. The Morgan fingerprint density at radius 2 is 1.46 bits per heavy atom. The fourth-order valence-corrected chi connectivity index (χ4v) is 2.91. The van der Waals surface area contributed by atoms with Gasteiger partial charge in [-0.3, -0.25) is 0 Å². The van der Waals surface area contributed by atoms with E-state index in [9.17, 15) is 10.2 Å². The molecular formula is C20H26Cl2O2. The highest BCUT2D eigenvalue weighted by atomic mass is 35.5. The van der Waals surface area contributed by atoms with Crippen LogP contribution in [0.3, 0.4) is 0 Å². The van der Waals surface area contributed by atoms with Crippen LogP contribution in [-0.4, -0.2) is 10.2 Å². The van der Waals surface area contributed by atoms with Crippen LogP contribution >= 0.6 is 23.2 Å². The number of halogens is 2. The molecule has 2 rings (SSSR count). The first-order valence-electron chi connectivity index (χ1n) is 8.06. The van der Waals surface area contributed by atoms with E-state index in [2.05, 4.69) is 0 Å². The molecule has 0 heterocycles. The second kappa shape index (κ2) is 8.64. The Morgan fingerprint density at radius 3 is 1.96 bits per heavy atom. The zero-order valence-corrected chi connectivity index (χ0v) is 16.7. The third kappa shape index (κ3) is 4.81. The van der Waals surface area contributed by atoms with Gasteiger partial charge in [-0.25, -0.2) is 0 Å². The van der Waals surface area contributed by atoms with Crippen molar-refractivity contribution in [1.82, 2.24) is 0 Å². The summed E-state index contributed by atoms with van der Waals surface area (Å²) in [6.07, 6.45) is 0.817. The highest BCUT2D eigenvalue weighted by Crippen LogP contribution is 2.31. The summed E-state index contributed by atoms with van der Waals surface area (Å²) in [5.74, 6) is 1.01. The van der Waals surface area contributed by atoms with Crippen molar-refractivity contribution in [3.63, 3.8) is 0 Å². The number of hydrogen-bond donors (Lipinski definition) is 2. The number of benzene rings is 2. The van der Waals surface area contributed by atoms with Gasteiger partial charge in [0.2, 0.25) is 0 Å². The molecule has 0 aliphatic carbocycles. The second-order valence-electron chi connectivity index (χ2n) is 6.30. The number of aromatic hydroxyl groups is 2. The van der Waals surface area contributed by atoms with Crippen molar-refractivity contribution in [2.75, 3.05) is 0 Å². The topological polar surface area (TPSA) is 40.5 Å². The van der Waals surface area contributed by atoms with Crippen LogP contribution in [0.15, 0.2) is 18.2 Å².